The highest BCUT2D eigenvalue weighted by Gasteiger charge is 2.59. The Bertz CT molecular complexity index is 1440. The molecule has 2 aliphatic heterocycles. The van der Waals surface area contributed by atoms with Crippen LogP contribution in [-0.4, -0.2) is 70.3 Å². The number of cyclic esters (lactones) is 1. The number of esters is 1. The molecule has 0 aromatic carbocycles. The molecule has 0 bridgehead atoms. The summed E-state index contributed by atoms with van der Waals surface area (Å²) in [5, 5.41) is 42.7. The maximum Gasteiger partial charge on any atom is 0.338 e. The Morgan fingerprint density at radius 2 is 1.48 bits per heavy atom. The summed E-state index contributed by atoms with van der Waals surface area (Å²) < 4.78 is 11.5. The van der Waals surface area contributed by atoms with Crippen molar-refractivity contribution < 1.29 is 39.5 Å². The number of fused-ring (bicyclic) bond motifs is 2. The lowest BCUT2D eigenvalue weighted by atomic mass is 9.45. The molecule has 0 spiro atoms. The van der Waals surface area contributed by atoms with E-state index in [1.54, 1.807) is 0 Å². The molecule has 8 nitrogen and oxygen atoms in total. The molecule has 0 aromatic heterocycles. The molecular weight excluding hydrogens is 608 g/mol. The molecular formula is C40H56O8. The number of ether oxygens (including phenoxy) is 2. The van der Waals surface area contributed by atoms with E-state index in [4.69, 9.17) is 9.47 Å². The maximum atomic E-state index is 13.5. The van der Waals surface area contributed by atoms with Gasteiger partial charge in [-0.05, 0) is 92.4 Å². The highest BCUT2D eigenvalue weighted by Crippen LogP contribution is 2.63. The van der Waals surface area contributed by atoms with Crippen molar-refractivity contribution in [3.63, 3.8) is 0 Å². The van der Waals surface area contributed by atoms with Crippen molar-refractivity contribution in [1.29, 1.82) is 0 Å². The summed E-state index contributed by atoms with van der Waals surface area (Å²) in [4.78, 5) is 26.6. The lowest BCUT2D eigenvalue weighted by Gasteiger charge is -2.60. The molecule has 4 N–H and O–H groups in total. The molecule has 264 valence electrons. The van der Waals surface area contributed by atoms with Crippen LogP contribution in [0.5, 0.6) is 0 Å². The Morgan fingerprint density at radius 3 is 2.06 bits per heavy atom. The largest absolute Gasteiger partial charge is 0.493 e. The predicted octanol–water partition coefficient (Wildman–Crippen LogP) is 5.37. The number of carbonyl (C=O) groups excluding carboxylic acids is 2. The van der Waals surface area contributed by atoms with Gasteiger partial charge in [-0.2, -0.15) is 0 Å². The molecule has 8 heteroatoms. The van der Waals surface area contributed by atoms with Crippen molar-refractivity contribution in [2.45, 2.75) is 104 Å². The van der Waals surface area contributed by atoms with Crippen LogP contribution in [0.3, 0.4) is 0 Å². The molecule has 2 heterocycles. The van der Waals surface area contributed by atoms with Crippen LogP contribution in [0, 0.1) is 51.2 Å². The SMILES string of the molecule is C=C1CCC2C(C)(CO)C(O)CCC2(C)C1C=CC1=CC(C(CC2C(=C)CCC3C(C)(CO)C(O)CCC23C)C2=COCC2=O)OC1=O. The summed E-state index contributed by atoms with van der Waals surface area (Å²) in [6.07, 6.45) is 12.0. The van der Waals surface area contributed by atoms with Gasteiger partial charge in [0.25, 0.3) is 0 Å². The van der Waals surface area contributed by atoms with E-state index < -0.39 is 41.0 Å². The van der Waals surface area contributed by atoms with Gasteiger partial charge in [0.2, 0.25) is 0 Å². The molecule has 4 aliphatic carbocycles. The Morgan fingerprint density at radius 1 is 0.896 bits per heavy atom. The third-order valence-electron chi connectivity index (χ3n) is 14.6. The van der Waals surface area contributed by atoms with Crippen molar-refractivity contribution in [2.24, 2.45) is 51.2 Å². The zero-order chi connectivity index (χ0) is 34.8. The van der Waals surface area contributed by atoms with Gasteiger partial charge in [-0.3, -0.25) is 4.79 Å². The van der Waals surface area contributed by atoms with Crippen molar-refractivity contribution in [2.75, 3.05) is 19.8 Å². The van der Waals surface area contributed by atoms with Crippen molar-refractivity contribution in [1.82, 2.24) is 0 Å². The number of allylic oxidation sites excluding steroid dienone is 3. The number of hydrogen-bond acceptors (Lipinski definition) is 8. The van der Waals surface area contributed by atoms with E-state index in [0.717, 1.165) is 49.7 Å². The average Bonchev–Trinajstić information content (AvgIpc) is 3.65. The van der Waals surface area contributed by atoms with Crippen molar-refractivity contribution >= 4 is 11.8 Å². The van der Waals surface area contributed by atoms with Crippen LogP contribution < -0.4 is 0 Å². The number of ketones is 1. The fourth-order valence-electron chi connectivity index (χ4n) is 11.5. The van der Waals surface area contributed by atoms with Crippen LogP contribution in [0.25, 0.3) is 0 Å². The van der Waals surface area contributed by atoms with Gasteiger partial charge >= 0.3 is 5.97 Å². The fraction of sp³-hybridized carbons (Fsp3) is 0.700. The minimum absolute atomic E-state index is 0.00875. The minimum Gasteiger partial charge on any atom is -0.493 e. The first-order valence-electron chi connectivity index (χ1n) is 18.0. The summed E-state index contributed by atoms with van der Waals surface area (Å²) in [6, 6.07) is 0. The molecule has 0 radical (unpaired) electrons. The topological polar surface area (TPSA) is 134 Å². The van der Waals surface area contributed by atoms with Crippen LogP contribution in [0.1, 0.15) is 85.5 Å². The molecule has 6 rings (SSSR count). The summed E-state index contributed by atoms with van der Waals surface area (Å²) in [6.45, 7) is 17.1. The number of aliphatic hydroxyl groups excluding tert-OH is 4. The smallest absolute Gasteiger partial charge is 0.338 e. The lowest BCUT2D eigenvalue weighted by molar-refractivity contribution is -0.155. The van der Waals surface area contributed by atoms with E-state index in [2.05, 4.69) is 33.1 Å². The zero-order valence-corrected chi connectivity index (χ0v) is 29.2. The quantitative estimate of drug-likeness (QED) is 0.201. The number of aliphatic hydroxyl groups is 4. The fourth-order valence-corrected chi connectivity index (χ4v) is 11.5. The van der Waals surface area contributed by atoms with Crippen LogP contribution in [-0.2, 0) is 19.1 Å². The molecule has 12 unspecified atom stereocenters. The third kappa shape index (κ3) is 5.41. The Hall–Kier alpha value is -2.52. The number of rotatable bonds is 8. The van der Waals surface area contributed by atoms with Gasteiger partial charge in [0.15, 0.2) is 5.78 Å². The Labute approximate surface area is 285 Å². The van der Waals surface area contributed by atoms with E-state index in [9.17, 15) is 30.0 Å². The Balaban J connectivity index is 1.30. The van der Waals surface area contributed by atoms with Crippen LogP contribution in [0.2, 0.25) is 0 Å². The van der Waals surface area contributed by atoms with Gasteiger partial charge in [-0.1, -0.05) is 64.2 Å². The highest BCUT2D eigenvalue weighted by atomic mass is 16.5. The van der Waals surface area contributed by atoms with Crippen molar-refractivity contribution in [3.05, 3.63) is 59.9 Å². The second-order valence-corrected chi connectivity index (χ2v) is 17.0. The Kier molecular flexibility index (Phi) is 9.32. The van der Waals surface area contributed by atoms with Crippen LogP contribution in [0.15, 0.2) is 59.9 Å². The standard InChI is InChI=1S/C40H56O8/c1-23-7-11-32-37(3,15-13-34(44)39(32,5)21-41)28(23)10-9-25-17-31(48-36(25)46)26(27-19-47-20-30(27)43)18-29-24(2)8-12-33-38(29,4)16-14-35(45)40(33,6)22-42/h9-10,17,19,26,28-29,31-35,41-42,44-45H,1-2,7-8,11-16,18,20-22H2,3-6H3. The first-order chi connectivity index (χ1) is 22.6. The van der Waals surface area contributed by atoms with E-state index in [1.165, 1.54) is 6.26 Å². The first-order valence-corrected chi connectivity index (χ1v) is 18.0. The number of Topliss-reactive ketones (excluding diaryl/α,β-unsaturated/α-hetero) is 1. The second-order valence-electron chi connectivity index (χ2n) is 17.0. The van der Waals surface area contributed by atoms with Crippen LogP contribution in [0.4, 0.5) is 0 Å². The van der Waals surface area contributed by atoms with Gasteiger partial charge in [-0.25, -0.2) is 4.79 Å². The molecule has 0 amide bonds. The molecule has 0 aromatic rings. The summed E-state index contributed by atoms with van der Waals surface area (Å²) in [7, 11) is 0. The molecule has 6 aliphatic rings. The molecule has 0 saturated heterocycles. The monoisotopic (exact) mass is 664 g/mol. The zero-order valence-electron chi connectivity index (χ0n) is 29.2. The van der Waals surface area contributed by atoms with Gasteiger partial charge < -0.3 is 29.9 Å². The predicted molar refractivity (Wildman–Crippen MR) is 182 cm³/mol. The van der Waals surface area contributed by atoms with Gasteiger partial charge in [0, 0.05) is 28.2 Å². The van der Waals surface area contributed by atoms with Gasteiger partial charge in [-0.15, -0.1) is 0 Å². The normalized spacial score (nSPS) is 45.3. The maximum absolute atomic E-state index is 13.5. The summed E-state index contributed by atoms with van der Waals surface area (Å²) in [5.41, 5.74) is 1.44. The van der Waals surface area contributed by atoms with E-state index in [-0.39, 0.29) is 60.1 Å². The summed E-state index contributed by atoms with van der Waals surface area (Å²) in [5.74, 6) is -0.849. The molecule has 12 atom stereocenters. The third-order valence-corrected chi connectivity index (χ3v) is 14.6. The molecule has 4 saturated carbocycles. The second kappa shape index (κ2) is 12.7. The average molecular weight is 665 g/mol. The highest BCUT2D eigenvalue weighted by molar-refractivity contribution is 5.99. The van der Waals surface area contributed by atoms with E-state index in [1.807, 2.05) is 26.0 Å². The molecule has 4 fully saturated rings. The lowest BCUT2D eigenvalue weighted by Crippen LogP contribution is -2.57. The molecule has 48 heavy (non-hydrogen) atoms. The summed E-state index contributed by atoms with van der Waals surface area (Å²) >= 11 is 0. The van der Waals surface area contributed by atoms with E-state index in [0.29, 0.717) is 30.4 Å². The first kappa shape index (κ1) is 35.3. The van der Waals surface area contributed by atoms with E-state index >= 15 is 0 Å². The van der Waals surface area contributed by atoms with Crippen LogP contribution >= 0.6 is 0 Å². The van der Waals surface area contributed by atoms with Gasteiger partial charge in [0.1, 0.15) is 12.7 Å². The number of carbonyl (C=O) groups is 2. The number of hydrogen-bond donors (Lipinski definition) is 4. The van der Waals surface area contributed by atoms with Gasteiger partial charge in [0.05, 0.1) is 37.3 Å². The van der Waals surface area contributed by atoms with Crippen molar-refractivity contribution in [3.8, 4) is 0 Å². The minimum atomic E-state index is -0.662.